The molecule has 0 saturated heterocycles. The van der Waals surface area contributed by atoms with Gasteiger partial charge in [-0.1, -0.05) is 52.7 Å². The minimum atomic E-state index is 0.187. The second kappa shape index (κ2) is 5.50. The largest absolute Gasteiger partial charge is 0.115 e. The third-order valence-electron chi connectivity index (χ3n) is 1.90. The molecule has 0 unspecified atom stereocenters. The first-order valence-corrected chi connectivity index (χ1v) is 5.11. The molecular formula is C14H20. The lowest BCUT2D eigenvalue weighted by molar-refractivity contribution is 0.590. The van der Waals surface area contributed by atoms with Crippen molar-refractivity contribution < 1.29 is 0 Å². The van der Waals surface area contributed by atoms with Crippen LogP contribution in [0.25, 0.3) is 0 Å². The molecular weight excluding hydrogens is 168 g/mol. The van der Waals surface area contributed by atoms with Crippen LogP contribution >= 0.6 is 0 Å². The normalized spacial score (nSPS) is 9.71. The van der Waals surface area contributed by atoms with Crippen molar-refractivity contribution >= 4 is 0 Å². The molecule has 76 valence electrons. The summed E-state index contributed by atoms with van der Waals surface area (Å²) in [5.41, 5.74) is 2.44. The number of hydrogen-bond donors (Lipinski definition) is 0. The lowest BCUT2D eigenvalue weighted by Crippen LogP contribution is -2.10. The molecule has 0 heteroatoms. The number of hydrogen-bond acceptors (Lipinski definition) is 0. The minimum absolute atomic E-state index is 0.187. The van der Waals surface area contributed by atoms with Crippen molar-refractivity contribution in [2.75, 3.05) is 0 Å². The van der Waals surface area contributed by atoms with Crippen molar-refractivity contribution in [1.82, 2.24) is 0 Å². The summed E-state index contributed by atoms with van der Waals surface area (Å²) in [5, 5.41) is 0. The highest BCUT2D eigenvalue weighted by Gasteiger charge is 2.12. The third kappa shape index (κ3) is 3.66. The lowest BCUT2D eigenvalue weighted by Gasteiger charge is -2.18. The van der Waals surface area contributed by atoms with Crippen molar-refractivity contribution in [3.8, 4) is 12.3 Å². The molecule has 1 rings (SSSR count). The molecule has 0 amide bonds. The van der Waals surface area contributed by atoms with Crippen LogP contribution < -0.4 is 0 Å². The monoisotopic (exact) mass is 188 g/mol. The van der Waals surface area contributed by atoms with E-state index in [0.29, 0.717) is 0 Å². The summed E-state index contributed by atoms with van der Waals surface area (Å²) in [6, 6.07) is 8.14. The molecule has 0 atom stereocenters. The summed E-state index contributed by atoms with van der Waals surface area (Å²) in [6.45, 7) is 10.5. The molecule has 0 aliphatic carbocycles. The van der Waals surface area contributed by atoms with Crippen LogP contribution in [0.2, 0.25) is 0 Å². The van der Waals surface area contributed by atoms with Crippen LogP contribution in [0.4, 0.5) is 0 Å². The molecule has 0 N–H and O–H groups in total. The Kier molecular flexibility index (Phi) is 5.02. The molecule has 0 fully saturated rings. The van der Waals surface area contributed by atoms with Crippen molar-refractivity contribution in [1.29, 1.82) is 0 Å². The fraction of sp³-hybridized carbons (Fsp3) is 0.429. The quantitative estimate of drug-likeness (QED) is 0.540. The predicted octanol–water partition coefficient (Wildman–Crippen LogP) is 3.99. The highest BCUT2D eigenvalue weighted by molar-refractivity contribution is 5.37. The lowest BCUT2D eigenvalue weighted by atomic mass is 9.86. The molecule has 0 nitrogen and oxygen atoms in total. The maximum Gasteiger partial charge on any atom is 0.0245 e. The Balaban J connectivity index is 0.000000791. The SMILES string of the molecule is C#Cc1cccc(C(C)(C)C)c1.CC. The van der Waals surface area contributed by atoms with Gasteiger partial charge in [0.15, 0.2) is 0 Å². The maximum absolute atomic E-state index is 5.31. The van der Waals surface area contributed by atoms with Gasteiger partial charge in [0.1, 0.15) is 0 Å². The standard InChI is InChI=1S/C12H14.C2H6/c1-5-10-7-6-8-11(9-10)12(2,3)4;1-2/h1,6-9H,2-4H3;1-2H3. The molecule has 0 aromatic heterocycles. The Hall–Kier alpha value is -1.22. The molecule has 0 saturated carbocycles. The second-order valence-corrected chi connectivity index (χ2v) is 3.98. The summed E-state index contributed by atoms with van der Waals surface area (Å²) in [7, 11) is 0. The topological polar surface area (TPSA) is 0 Å². The number of terminal acetylenes is 1. The molecule has 1 aromatic rings. The molecule has 0 aliphatic heterocycles. The first-order chi connectivity index (χ1) is 6.54. The Morgan fingerprint density at radius 1 is 1.14 bits per heavy atom. The van der Waals surface area contributed by atoms with Gasteiger partial charge in [0.25, 0.3) is 0 Å². The van der Waals surface area contributed by atoms with Gasteiger partial charge in [-0.2, -0.15) is 0 Å². The zero-order valence-electron chi connectivity index (χ0n) is 9.89. The smallest absolute Gasteiger partial charge is 0.0245 e. The van der Waals surface area contributed by atoms with E-state index in [-0.39, 0.29) is 5.41 Å². The third-order valence-corrected chi connectivity index (χ3v) is 1.90. The van der Waals surface area contributed by atoms with Crippen LogP contribution in [0.5, 0.6) is 0 Å². The second-order valence-electron chi connectivity index (χ2n) is 3.98. The maximum atomic E-state index is 5.31. The Bertz CT molecular complexity index is 308. The van der Waals surface area contributed by atoms with Gasteiger partial charge in [0.2, 0.25) is 0 Å². The number of benzene rings is 1. The summed E-state index contributed by atoms with van der Waals surface area (Å²) >= 11 is 0. The average molecular weight is 188 g/mol. The Morgan fingerprint density at radius 2 is 1.71 bits per heavy atom. The van der Waals surface area contributed by atoms with Crippen LogP contribution in [0.3, 0.4) is 0 Å². The fourth-order valence-electron chi connectivity index (χ4n) is 1.08. The van der Waals surface area contributed by atoms with E-state index in [2.05, 4.69) is 38.8 Å². The summed E-state index contributed by atoms with van der Waals surface area (Å²) < 4.78 is 0. The Labute approximate surface area is 88.4 Å². The van der Waals surface area contributed by atoms with Crippen molar-refractivity contribution in [2.45, 2.75) is 40.0 Å². The summed E-state index contributed by atoms with van der Waals surface area (Å²) in [6.07, 6.45) is 5.31. The zero-order valence-corrected chi connectivity index (χ0v) is 9.89. The van der Waals surface area contributed by atoms with Gasteiger partial charge in [0, 0.05) is 5.56 Å². The molecule has 14 heavy (non-hydrogen) atoms. The molecule has 0 bridgehead atoms. The molecule has 1 aromatic carbocycles. The predicted molar refractivity (Wildman–Crippen MR) is 64.4 cm³/mol. The van der Waals surface area contributed by atoms with Gasteiger partial charge >= 0.3 is 0 Å². The van der Waals surface area contributed by atoms with Crippen molar-refractivity contribution in [3.63, 3.8) is 0 Å². The van der Waals surface area contributed by atoms with E-state index >= 15 is 0 Å². The van der Waals surface area contributed by atoms with E-state index in [1.807, 2.05) is 26.0 Å². The van der Waals surface area contributed by atoms with E-state index < -0.39 is 0 Å². The Morgan fingerprint density at radius 3 is 2.14 bits per heavy atom. The van der Waals surface area contributed by atoms with Crippen LogP contribution in [-0.2, 0) is 5.41 Å². The molecule has 0 heterocycles. The van der Waals surface area contributed by atoms with Gasteiger partial charge in [-0.05, 0) is 23.1 Å². The van der Waals surface area contributed by atoms with Gasteiger partial charge in [-0.15, -0.1) is 6.42 Å². The molecule has 0 spiro atoms. The summed E-state index contributed by atoms with van der Waals surface area (Å²) in [5.74, 6) is 2.64. The number of rotatable bonds is 0. The van der Waals surface area contributed by atoms with Crippen LogP contribution in [-0.4, -0.2) is 0 Å². The highest BCUT2D eigenvalue weighted by atomic mass is 14.2. The van der Waals surface area contributed by atoms with Crippen LogP contribution in [0.1, 0.15) is 45.7 Å². The van der Waals surface area contributed by atoms with Gasteiger partial charge in [0.05, 0.1) is 0 Å². The van der Waals surface area contributed by atoms with E-state index in [1.54, 1.807) is 0 Å². The van der Waals surface area contributed by atoms with Crippen LogP contribution in [0, 0.1) is 12.3 Å². The minimum Gasteiger partial charge on any atom is -0.115 e. The van der Waals surface area contributed by atoms with E-state index in [1.165, 1.54) is 5.56 Å². The van der Waals surface area contributed by atoms with E-state index in [4.69, 9.17) is 6.42 Å². The van der Waals surface area contributed by atoms with Gasteiger partial charge < -0.3 is 0 Å². The zero-order chi connectivity index (χ0) is 11.2. The molecule has 0 radical (unpaired) electrons. The summed E-state index contributed by atoms with van der Waals surface area (Å²) in [4.78, 5) is 0. The highest BCUT2D eigenvalue weighted by Crippen LogP contribution is 2.22. The average Bonchev–Trinajstić information content (AvgIpc) is 2.20. The van der Waals surface area contributed by atoms with Crippen LogP contribution in [0.15, 0.2) is 24.3 Å². The first kappa shape index (κ1) is 12.8. The van der Waals surface area contributed by atoms with Crippen molar-refractivity contribution in [2.24, 2.45) is 0 Å². The van der Waals surface area contributed by atoms with E-state index in [9.17, 15) is 0 Å². The van der Waals surface area contributed by atoms with Crippen molar-refractivity contribution in [3.05, 3.63) is 35.4 Å². The van der Waals surface area contributed by atoms with Gasteiger partial charge in [-0.3, -0.25) is 0 Å². The van der Waals surface area contributed by atoms with Gasteiger partial charge in [-0.25, -0.2) is 0 Å². The first-order valence-electron chi connectivity index (χ1n) is 5.11. The molecule has 0 aliphatic rings. The van der Waals surface area contributed by atoms with E-state index in [0.717, 1.165) is 5.56 Å². The fourth-order valence-corrected chi connectivity index (χ4v) is 1.08.